The van der Waals surface area contributed by atoms with Gasteiger partial charge in [-0.15, -0.1) is 0 Å². The van der Waals surface area contributed by atoms with E-state index in [1.807, 2.05) is 26.8 Å². The van der Waals surface area contributed by atoms with Gasteiger partial charge in [-0.3, -0.25) is 9.69 Å². The summed E-state index contributed by atoms with van der Waals surface area (Å²) in [6, 6.07) is 1.95. The highest BCUT2D eigenvalue weighted by Crippen LogP contribution is 2.24. The van der Waals surface area contributed by atoms with Crippen molar-refractivity contribution in [2.45, 2.75) is 52.6 Å². The van der Waals surface area contributed by atoms with Gasteiger partial charge in [-0.25, -0.2) is 14.5 Å². The normalized spacial score (nSPS) is 20.1. The lowest BCUT2D eigenvalue weighted by molar-refractivity contribution is 0.0908. The highest BCUT2D eigenvalue weighted by atomic mass is 16.4. The lowest BCUT2D eigenvalue weighted by Gasteiger charge is -2.25. The number of amides is 1. The zero-order valence-corrected chi connectivity index (χ0v) is 16.8. The summed E-state index contributed by atoms with van der Waals surface area (Å²) in [5.41, 5.74) is 2.62. The van der Waals surface area contributed by atoms with Crippen LogP contribution in [0.25, 0.3) is 5.65 Å². The summed E-state index contributed by atoms with van der Waals surface area (Å²) in [4.78, 5) is 24.1. The molecular formula is C20H26N6O2. The Morgan fingerprint density at radius 3 is 2.93 bits per heavy atom. The number of likely N-dealkylation sites (tertiary alicyclic amines) is 1. The van der Waals surface area contributed by atoms with Crippen LogP contribution in [0.1, 0.15) is 53.7 Å². The molecule has 8 nitrogen and oxygen atoms in total. The monoisotopic (exact) mass is 382 g/mol. The third-order valence-corrected chi connectivity index (χ3v) is 5.30. The first-order valence-electron chi connectivity index (χ1n) is 9.67. The molecule has 1 atom stereocenters. The number of hydrogen-bond donors (Lipinski definition) is 1. The average Bonchev–Trinajstić information content (AvgIpc) is 3.34. The van der Waals surface area contributed by atoms with Crippen molar-refractivity contribution in [3.8, 4) is 0 Å². The van der Waals surface area contributed by atoms with E-state index in [-0.39, 0.29) is 11.4 Å². The number of hydrogen-bond acceptors (Lipinski definition) is 6. The molecule has 148 valence electrons. The van der Waals surface area contributed by atoms with E-state index in [1.54, 1.807) is 16.9 Å². The summed E-state index contributed by atoms with van der Waals surface area (Å²) in [5.74, 6) is 1.49. The van der Waals surface area contributed by atoms with E-state index >= 15 is 0 Å². The van der Waals surface area contributed by atoms with Gasteiger partial charge in [0, 0.05) is 30.9 Å². The van der Waals surface area contributed by atoms with Gasteiger partial charge in [0.1, 0.15) is 11.3 Å². The van der Waals surface area contributed by atoms with Gasteiger partial charge >= 0.3 is 0 Å². The fourth-order valence-electron chi connectivity index (χ4n) is 3.84. The van der Waals surface area contributed by atoms with E-state index in [1.165, 1.54) is 0 Å². The quantitative estimate of drug-likeness (QED) is 0.728. The molecular weight excluding hydrogens is 356 g/mol. The van der Waals surface area contributed by atoms with Gasteiger partial charge in [0.15, 0.2) is 5.65 Å². The van der Waals surface area contributed by atoms with Gasteiger partial charge < -0.3 is 9.73 Å². The molecule has 3 aromatic heterocycles. The average molecular weight is 382 g/mol. The third-order valence-electron chi connectivity index (χ3n) is 5.30. The number of carbonyl (C=O) groups is 1. The summed E-state index contributed by atoms with van der Waals surface area (Å²) in [6.07, 6.45) is 5.09. The lowest BCUT2D eigenvalue weighted by Crippen LogP contribution is -2.47. The number of nitrogens with zero attached hydrogens (tertiary/aromatic N) is 5. The maximum Gasteiger partial charge on any atom is 0.257 e. The van der Waals surface area contributed by atoms with Gasteiger partial charge in [-0.05, 0) is 33.3 Å². The van der Waals surface area contributed by atoms with Crippen LogP contribution in [0.2, 0.25) is 0 Å². The van der Waals surface area contributed by atoms with Crippen LogP contribution in [0.3, 0.4) is 0 Å². The molecule has 8 heteroatoms. The lowest BCUT2D eigenvalue weighted by atomic mass is 10.0. The van der Waals surface area contributed by atoms with Crippen molar-refractivity contribution in [3.63, 3.8) is 0 Å². The van der Waals surface area contributed by atoms with E-state index in [2.05, 4.69) is 32.2 Å². The molecule has 1 N–H and O–H groups in total. The Hall–Kier alpha value is -2.74. The fourth-order valence-corrected chi connectivity index (χ4v) is 3.84. The topological polar surface area (TPSA) is 88.6 Å². The van der Waals surface area contributed by atoms with E-state index in [0.717, 1.165) is 49.0 Å². The van der Waals surface area contributed by atoms with Crippen LogP contribution in [0.4, 0.5) is 0 Å². The SMILES string of the molecule is CCc1cnc(CN2CCC(C)(NC(=O)c3cnn4c(C)cc(C)nc34)C2)o1. The van der Waals surface area contributed by atoms with E-state index in [0.29, 0.717) is 17.8 Å². The van der Waals surface area contributed by atoms with E-state index < -0.39 is 0 Å². The maximum absolute atomic E-state index is 13.0. The second kappa shape index (κ2) is 7.01. The number of rotatable bonds is 5. The molecule has 1 amide bonds. The summed E-state index contributed by atoms with van der Waals surface area (Å²) in [5, 5.41) is 7.52. The molecule has 1 saturated heterocycles. The Morgan fingerprint density at radius 2 is 2.18 bits per heavy atom. The van der Waals surface area contributed by atoms with Crippen molar-refractivity contribution in [3.05, 3.63) is 47.1 Å². The molecule has 1 fully saturated rings. The predicted octanol–water partition coefficient (Wildman–Crippen LogP) is 2.29. The van der Waals surface area contributed by atoms with Crippen LogP contribution >= 0.6 is 0 Å². The molecule has 0 saturated carbocycles. The summed E-state index contributed by atoms with van der Waals surface area (Å²) in [7, 11) is 0. The molecule has 1 unspecified atom stereocenters. The standard InChI is InChI=1S/C20H26N6O2/c1-5-15-9-21-17(28-15)11-25-7-6-20(4,12-25)24-19(27)16-10-22-26-14(3)8-13(2)23-18(16)26/h8-10H,5-7,11-12H2,1-4H3,(H,24,27). The Kier molecular flexibility index (Phi) is 4.66. The molecule has 1 aliphatic heterocycles. The van der Waals surface area contributed by atoms with Gasteiger partial charge in [0.2, 0.25) is 5.89 Å². The Morgan fingerprint density at radius 1 is 1.36 bits per heavy atom. The Labute approximate surface area is 164 Å². The number of fused-ring (bicyclic) bond motifs is 1. The second-order valence-electron chi connectivity index (χ2n) is 7.88. The van der Waals surface area contributed by atoms with E-state index in [9.17, 15) is 4.79 Å². The number of nitrogens with one attached hydrogen (secondary N) is 1. The van der Waals surface area contributed by atoms with Gasteiger partial charge in [-0.2, -0.15) is 5.10 Å². The number of aromatic nitrogens is 4. The number of aryl methyl sites for hydroxylation is 3. The minimum Gasteiger partial charge on any atom is -0.444 e. The molecule has 28 heavy (non-hydrogen) atoms. The Balaban J connectivity index is 1.46. The molecule has 0 aliphatic carbocycles. The molecule has 0 bridgehead atoms. The predicted molar refractivity (Wildman–Crippen MR) is 104 cm³/mol. The highest BCUT2D eigenvalue weighted by molar-refractivity contribution is 6.00. The highest BCUT2D eigenvalue weighted by Gasteiger charge is 2.36. The van der Waals surface area contributed by atoms with Gasteiger partial charge in [0.25, 0.3) is 5.91 Å². The fraction of sp³-hybridized carbons (Fsp3) is 0.500. The molecule has 1 aliphatic rings. The zero-order valence-electron chi connectivity index (χ0n) is 16.8. The molecule has 4 heterocycles. The number of oxazole rings is 1. The first kappa shape index (κ1) is 18.6. The van der Waals surface area contributed by atoms with Crippen LogP contribution in [0, 0.1) is 13.8 Å². The van der Waals surface area contributed by atoms with Crippen molar-refractivity contribution >= 4 is 11.6 Å². The Bertz CT molecular complexity index is 1020. The molecule has 4 rings (SSSR count). The van der Waals surface area contributed by atoms with Crippen LogP contribution < -0.4 is 5.32 Å². The first-order valence-corrected chi connectivity index (χ1v) is 9.67. The van der Waals surface area contributed by atoms with Crippen molar-refractivity contribution in [1.29, 1.82) is 0 Å². The second-order valence-corrected chi connectivity index (χ2v) is 7.88. The zero-order chi connectivity index (χ0) is 19.9. The van der Waals surface area contributed by atoms with Gasteiger partial charge in [0.05, 0.1) is 24.5 Å². The van der Waals surface area contributed by atoms with Crippen LogP contribution in [0.5, 0.6) is 0 Å². The number of carbonyl (C=O) groups excluding carboxylic acids is 1. The van der Waals surface area contributed by atoms with Crippen LogP contribution in [0.15, 0.2) is 22.9 Å². The molecule has 0 spiro atoms. The third kappa shape index (κ3) is 3.52. The first-order chi connectivity index (χ1) is 13.4. The summed E-state index contributed by atoms with van der Waals surface area (Å²) in [6.45, 7) is 10.3. The summed E-state index contributed by atoms with van der Waals surface area (Å²) < 4.78 is 7.42. The maximum atomic E-state index is 13.0. The smallest absolute Gasteiger partial charge is 0.257 e. The van der Waals surface area contributed by atoms with Crippen molar-refractivity contribution in [1.82, 2.24) is 29.8 Å². The van der Waals surface area contributed by atoms with Crippen LogP contribution in [-0.2, 0) is 13.0 Å². The van der Waals surface area contributed by atoms with E-state index in [4.69, 9.17) is 4.42 Å². The van der Waals surface area contributed by atoms with Crippen molar-refractivity contribution in [2.24, 2.45) is 0 Å². The molecule has 0 radical (unpaired) electrons. The largest absolute Gasteiger partial charge is 0.444 e. The minimum atomic E-state index is -0.315. The van der Waals surface area contributed by atoms with Gasteiger partial charge in [-0.1, -0.05) is 6.92 Å². The summed E-state index contributed by atoms with van der Waals surface area (Å²) >= 11 is 0. The molecule has 3 aromatic rings. The minimum absolute atomic E-state index is 0.138. The molecule has 0 aromatic carbocycles. The van der Waals surface area contributed by atoms with Crippen LogP contribution in [-0.4, -0.2) is 49.0 Å². The van der Waals surface area contributed by atoms with Crippen molar-refractivity contribution < 1.29 is 9.21 Å². The van der Waals surface area contributed by atoms with Crippen molar-refractivity contribution in [2.75, 3.05) is 13.1 Å².